The van der Waals surface area contributed by atoms with Crippen molar-refractivity contribution in [3.05, 3.63) is 85.5 Å². The minimum atomic E-state index is -1.38. The lowest BCUT2D eigenvalue weighted by Crippen LogP contribution is -2.57. The van der Waals surface area contributed by atoms with E-state index in [1.165, 1.54) is 12.0 Å². The molecule has 3 saturated heterocycles. The van der Waals surface area contributed by atoms with Crippen molar-refractivity contribution < 1.29 is 38.5 Å². The monoisotopic (exact) mass is 794 g/mol. The Balaban J connectivity index is 1.49. The summed E-state index contributed by atoms with van der Waals surface area (Å²) in [6, 6.07) is 14.8. The number of fused-ring (bicyclic) bond motifs is 1. The second-order valence-electron chi connectivity index (χ2n) is 13.6. The molecule has 0 aliphatic carbocycles. The number of ether oxygens (including phenoxy) is 3. The van der Waals surface area contributed by atoms with Gasteiger partial charge >= 0.3 is 5.97 Å². The van der Waals surface area contributed by atoms with Gasteiger partial charge in [0.2, 0.25) is 11.8 Å². The lowest BCUT2D eigenvalue weighted by molar-refractivity contribution is -0.163. The molecule has 3 aliphatic heterocycles. The predicted octanol–water partition coefficient (Wildman–Crippen LogP) is 4.17. The van der Waals surface area contributed by atoms with Crippen LogP contribution >= 0.6 is 15.9 Å². The summed E-state index contributed by atoms with van der Waals surface area (Å²) in [6.45, 7) is 13.1. The minimum Gasteiger partial charge on any atom is -0.455 e. The molecular weight excluding hydrogens is 744 g/mol. The molecule has 8 atom stereocenters. The van der Waals surface area contributed by atoms with Crippen LogP contribution in [0.3, 0.4) is 0 Å². The number of amides is 3. The van der Waals surface area contributed by atoms with Crippen LogP contribution in [-0.4, -0.2) is 109 Å². The third kappa shape index (κ3) is 7.94. The van der Waals surface area contributed by atoms with E-state index < -0.39 is 66.1 Å². The van der Waals surface area contributed by atoms with Gasteiger partial charge in [-0.1, -0.05) is 58.4 Å². The van der Waals surface area contributed by atoms with Gasteiger partial charge in [-0.3, -0.25) is 19.2 Å². The number of methoxy groups -OCH3 is 1. The van der Waals surface area contributed by atoms with Gasteiger partial charge in [0.1, 0.15) is 17.7 Å². The summed E-state index contributed by atoms with van der Waals surface area (Å²) in [4.78, 5) is 61.5. The molecule has 3 fully saturated rings. The van der Waals surface area contributed by atoms with Gasteiger partial charge < -0.3 is 39.3 Å². The Bertz CT molecular complexity index is 1620. The molecule has 2 bridgehead atoms. The highest BCUT2D eigenvalue weighted by atomic mass is 79.9. The molecule has 1 spiro atoms. The molecule has 0 saturated carbocycles. The number of carbonyl (C=O) groups excluding carboxylic acids is 4. The molecule has 12 nitrogen and oxygen atoms in total. The smallest absolute Gasteiger partial charge is 0.313 e. The zero-order chi connectivity index (χ0) is 38.3. The highest BCUT2D eigenvalue weighted by Gasteiger charge is 2.77. The maximum Gasteiger partial charge on any atom is 0.313 e. The first-order chi connectivity index (χ1) is 25.6. The Morgan fingerprint density at radius 1 is 1.09 bits per heavy atom. The Labute approximate surface area is 320 Å². The molecule has 2 aromatic carbocycles. The zero-order valence-electron chi connectivity index (χ0n) is 30.7. The maximum absolute atomic E-state index is 14.8. The molecule has 0 radical (unpaired) electrons. The van der Waals surface area contributed by atoms with Crippen molar-refractivity contribution in [2.45, 2.75) is 67.8 Å². The van der Waals surface area contributed by atoms with Crippen LogP contribution in [0, 0.1) is 11.8 Å². The number of rotatable bonds is 19. The summed E-state index contributed by atoms with van der Waals surface area (Å²) in [6.07, 6.45) is 2.48. The molecule has 3 amide bonds. The van der Waals surface area contributed by atoms with E-state index in [9.17, 15) is 24.3 Å². The van der Waals surface area contributed by atoms with Gasteiger partial charge in [0.05, 0.1) is 37.2 Å². The van der Waals surface area contributed by atoms with Gasteiger partial charge in [0.15, 0.2) is 0 Å². The fraction of sp³-hybridized carbons (Fsp3) is 0.500. The number of alkyl halides is 1. The summed E-state index contributed by atoms with van der Waals surface area (Å²) in [7, 11) is 1.49. The maximum atomic E-state index is 14.8. The van der Waals surface area contributed by atoms with E-state index in [1.54, 1.807) is 41.3 Å². The molecule has 1 unspecified atom stereocenters. The minimum absolute atomic E-state index is 0.0422. The Kier molecular flexibility index (Phi) is 13.5. The number of halogens is 1. The summed E-state index contributed by atoms with van der Waals surface area (Å²) >= 11 is 3.72. The first-order valence-electron chi connectivity index (χ1n) is 18.3. The molecular formula is C40H51BrN4O8. The van der Waals surface area contributed by atoms with Gasteiger partial charge in [-0.25, -0.2) is 0 Å². The van der Waals surface area contributed by atoms with Crippen LogP contribution in [0.1, 0.15) is 44.8 Å². The second-order valence-corrected chi connectivity index (χ2v) is 14.7. The van der Waals surface area contributed by atoms with Crippen LogP contribution in [0.5, 0.6) is 0 Å². The van der Waals surface area contributed by atoms with Crippen molar-refractivity contribution in [2.75, 3.05) is 56.3 Å². The van der Waals surface area contributed by atoms with Crippen LogP contribution in [0.15, 0.2) is 79.9 Å². The molecule has 0 aromatic heterocycles. The van der Waals surface area contributed by atoms with Crippen LogP contribution in [-0.2, 0) is 33.4 Å². The molecule has 3 heterocycles. The number of benzene rings is 2. The average molecular weight is 796 g/mol. The molecule has 13 heteroatoms. The van der Waals surface area contributed by atoms with Crippen LogP contribution in [0.2, 0.25) is 0 Å². The van der Waals surface area contributed by atoms with Gasteiger partial charge in [-0.15, -0.1) is 13.2 Å². The SMILES string of the molecule is C=CCCC(=O)N[C@@H](COC)[C@@H](OC(=O)[C@H]1[C@@H]2O[C@@]3(CC2Br)[C@@H]1C(=O)N(CCO)[C@@H]3C(=O)N(CC=C)c1ccc(N(CC)CC)cc1)c1ccccc1. The molecule has 53 heavy (non-hydrogen) atoms. The van der Waals surface area contributed by atoms with Crippen molar-refractivity contribution in [1.82, 2.24) is 10.2 Å². The number of hydrogen-bond donors (Lipinski definition) is 2. The van der Waals surface area contributed by atoms with Crippen molar-refractivity contribution in [3.63, 3.8) is 0 Å². The predicted molar refractivity (Wildman–Crippen MR) is 206 cm³/mol. The molecule has 3 aliphatic rings. The third-order valence-corrected chi connectivity index (χ3v) is 11.4. The fourth-order valence-electron chi connectivity index (χ4n) is 8.18. The second kappa shape index (κ2) is 17.9. The van der Waals surface area contributed by atoms with Crippen molar-refractivity contribution in [1.29, 1.82) is 0 Å². The van der Waals surface area contributed by atoms with E-state index in [0.717, 1.165) is 18.8 Å². The van der Waals surface area contributed by atoms with E-state index in [0.29, 0.717) is 17.7 Å². The number of nitrogens with one attached hydrogen (secondary N) is 1. The number of anilines is 2. The van der Waals surface area contributed by atoms with E-state index in [-0.39, 0.29) is 43.3 Å². The molecule has 2 N–H and O–H groups in total. The third-order valence-electron chi connectivity index (χ3n) is 10.5. The van der Waals surface area contributed by atoms with Gasteiger partial charge in [-0.05, 0) is 56.5 Å². The summed E-state index contributed by atoms with van der Waals surface area (Å²) in [5.74, 6) is -3.94. The van der Waals surface area contributed by atoms with Crippen molar-refractivity contribution >= 4 is 51.0 Å². The lowest BCUT2D eigenvalue weighted by Gasteiger charge is -2.37. The van der Waals surface area contributed by atoms with E-state index >= 15 is 0 Å². The van der Waals surface area contributed by atoms with Crippen molar-refractivity contribution in [2.24, 2.45) is 11.8 Å². The van der Waals surface area contributed by atoms with Crippen LogP contribution in [0.4, 0.5) is 11.4 Å². The number of β-amino-alcohol motifs (C(OH)–C–C–N with tert-alkyl or cyclic N) is 1. The summed E-state index contributed by atoms with van der Waals surface area (Å²) in [5, 5.41) is 13.1. The average Bonchev–Trinajstić information content (AvgIpc) is 3.76. The van der Waals surface area contributed by atoms with Gasteiger partial charge in [0.25, 0.3) is 5.91 Å². The number of nitrogens with zero attached hydrogens (tertiary/aromatic N) is 3. The molecule has 5 rings (SSSR count). The normalized spacial score (nSPS) is 25.3. The number of esters is 1. The van der Waals surface area contributed by atoms with E-state index in [4.69, 9.17) is 14.2 Å². The summed E-state index contributed by atoms with van der Waals surface area (Å²) in [5.41, 5.74) is 0.881. The number of aliphatic hydroxyl groups excluding tert-OH is 1. The number of likely N-dealkylation sites (tertiary alicyclic amines) is 1. The van der Waals surface area contributed by atoms with Crippen LogP contribution in [0.25, 0.3) is 0 Å². The quantitative estimate of drug-likeness (QED) is 0.122. The molecule has 2 aromatic rings. The zero-order valence-corrected chi connectivity index (χ0v) is 32.3. The number of aliphatic hydroxyl groups is 1. The largest absolute Gasteiger partial charge is 0.455 e. The molecule has 286 valence electrons. The highest BCUT2D eigenvalue weighted by Crippen LogP contribution is 2.60. The summed E-state index contributed by atoms with van der Waals surface area (Å²) < 4.78 is 18.5. The first kappa shape index (κ1) is 40.2. The Hall–Kier alpha value is -4.04. The highest BCUT2D eigenvalue weighted by molar-refractivity contribution is 9.09. The first-order valence-corrected chi connectivity index (χ1v) is 19.2. The van der Waals surface area contributed by atoms with E-state index in [2.05, 4.69) is 53.2 Å². The van der Waals surface area contributed by atoms with Crippen LogP contribution < -0.4 is 15.1 Å². The number of allylic oxidation sites excluding steroid dienone is 1. The number of hydrogen-bond acceptors (Lipinski definition) is 9. The Morgan fingerprint density at radius 3 is 2.38 bits per heavy atom. The lowest BCUT2D eigenvalue weighted by atomic mass is 9.70. The standard InChI is InChI=1S/C40H51BrN4O8/c1-6-10-16-31(47)42-30(25-51-5)34(26-14-12-11-13-15-26)52-39(50)32-33-37(48)45(22-23-46)36(40(33)24-29(41)35(32)53-40)38(49)44(21-7-2)28-19-17-27(18-20-28)43(8-3)9-4/h6-7,11-15,17-20,29-30,32-36,46H,1-2,8-10,16,21-25H2,3-5H3,(H,42,47)/t29?,30-,32+,33-,34-,35+,36+,40-/m0/s1. The fourth-order valence-corrected chi connectivity index (χ4v) is 9.13. The number of carbonyl (C=O) groups is 4. The van der Waals surface area contributed by atoms with Crippen molar-refractivity contribution in [3.8, 4) is 0 Å². The van der Waals surface area contributed by atoms with Gasteiger partial charge in [0, 0.05) is 55.9 Å². The van der Waals surface area contributed by atoms with Gasteiger partial charge in [-0.2, -0.15) is 0 Å². The topological polar surface area (TPSA) is 138 Å². The van der Waals surface area contributed by atoms with E-state index in [1.807, 2.05) is 30.3 Å². The Morgan fingerprint density at radius 2 is 1.77 bits per heavy atom.